The Morgan fingerprint density at radius 2 is 1.90 bits per heavy atom. The van der Waals surface area contributed by atoms with Crippen molar-refractivity contribution in [2.24, 2.45) is 0 Å². The molecule has 0 bridgehead atoms. The summed E-state index contributed by atoms with van der Waals surface area (Å²) < 4.78 is 4.70. The summed E-state index contributed by atoms with van der Waals surface area (Å²) in [6, 6.07) is 6.54. The number of methoxy groups -OCH3 is 1. The van der Waals surface area contributed by atoms with Gasteiger partial charge in [-0.05, 0) is 18.6 Å². The van der Waals surface area contributed by atoms with Crippen molar-refractivity contribution in [2.45, 2.75) is 20.3 Å². The normalized spacial score (nSPS) is 9.86. The first-order valence-corrected chi connectivity index (χ1v) is 6.73. The van der Waals surface area contributed by atoms with Gasteiger partial charge in [0, 0.05) is 13.5 Å². The maximum Gasteiger partial charge on any atom is 0.339 e. The summed E-state index contributed by atoms with van der Waals surface area (Å²) in [6.07, 6.45) is 0.810. The van der Waals surface area contributed by atoms with Crippen molar-refractivity contribution in [1.29, 1.82) is 0 Å². The lowest BCUT2D eigenvalue weighted by Crippen LogP contribution is -2.40. The Morgan fingerprint density at radius 3 is 2.48 bits per heavy atom. The SMILES string of the molecule is CCCNC(=O)CN(C(C)=O)c1ccccc1C(=O)OC. The molecular formula is C15H20N2O4. The molecule has 1 aromatic carbocycles. The highest BCUT2D eigenvalue weighted by molar-refractivity contribution is 6.04. The number of rotatable bonds is 6. The van der Waals surface area contributed by atoms with Crippen LogP contribution >= 0.6 is 0 Å². The van der Waals surface area contributed by atoms with Crippen LogP contribution in [-0.4, -0.2) is 38.0 Å². The van der Waals surface area contributed by atoms with Crippen molar-refractivity contribution < 1.29 is 19.1 Å². The molecule has 0 radical (unpaired) electrons. The predicted octanol–water partition coefficient (Wildman–Crippen LogP) is 1.35. The molecule has 0 aliphatic rings. The third kappa shape index (κ3) is 4.59. The van der Waals surface area contributed by atoms with E-state index in [1.54, 1.807) is 24.3 Å². The van der Waals surface area contributed by atoms with Gasteiger partial charge in [0.1, 0.15) is 6.54 Å². The second-order valence-corrected chi connectivity index (χ2v) is 4.46. The second-order valence-electron chi connectivity index (χ2n) is 4.46. The topological polar surface area (TPSA) is 75.7 Å². The third-order valence-corrected chi connectivity index (χ3v) is 2.85. The first-order valence-electron chi connectivity index (χ1n) is 6.73. The zero-order chi connectivity index (χ0) is 15.8. The van der Waals surface area contributed by atoms with Crippen LogP contribution in [0.15, 0.2) is 24.3 Å². The van der Waals surface area contributed by atoms with E-state index in [9.17, 15) is 14.4 Å². The number of benzene rings is 1. The van der Waals surface area contributed by atoms with E-state index in [-0.39, 0.29) is 23.9 Å². The maximum absolute atomic E-state index is 11.8. The van der Waals surface area contributed by atoms with E-state index in [0.717, 1.165) is 6.42 Å². The largest absolute Gasteiger partial charge is 0.465 e. The molecule has 21 heavy (non-hydrogen) atoms. The number of nitrogens with zero attached hydrogens (tertiary/aromatic N) is 1. The number of anilines is 1. The molecule has 1 N–H and O–H groups in total. The summed E-state index contributed by atoms with van der Waals surface area (Å²) in [7, 11) is 1.27. The fraction of sp³-hybridized carbons (Fsp3) is 0.400. The van der Waals surface area contributed by atoms with Crippen LogP contribution < -0.4 is 10.2 Å². The molecule has 2 amide bonds. The lowest BCUT2D eigenvalue weighted by molar-refractivity contribution is -0.123. The molecule has 0 saturated carbocycles. The molecular weight excluding hydrogens is 272 g/mol. The highest BCUT2D eigenvalue weighted by atomic mass is 16.5. The van der Waals surface area contributed by atoms with Crippen LogP contribution in [0, 0.1) is 0 Å². The van der Waals surface area contributed by atoms with Gasteiger partial charge in [0.15, 0.2) is 0 Å². The molecule has 0 atom stereocenters. The second kappa shape index (κ2) is 8.04. The fourth-order valence-electron chi connectivity index (χ4n) is 1.82. The van der Waals surface area contributed by atoms with Crippen molar-refractivity contribution in [3.8, 4) is 0 Å². The van der Waals surface area contributed by atoms with Gasteiger partial charge in [0.25, 0.3) is 0 Å². The minimum atomic E-state index is -0.550. The fourth-order valence-corrected chi connectivity index (χ4v) is 1.82. The number of esters is 1. The quantitative estimate of drug-likeness (QED) is 0.803. The van der Waals surface area contributed by atoms with Crippen LogP contribution in [0.4, 0.5) is 5.69 Å². The number of carbonyl (C=O) groups excluding carboxylic acids is 3. The van der Waals surface area contributed by atoms with Crippen LogP contribution in [0.2, 0.25) is 0 Å². The molecule has 0 saturated heterocycles. The molecule has 0 aromatic heterocycles. The zero-order valence-corrected chi connectivity index (χ0v) is 12.5. The van der Waals surface area contributed by atoms with E-state index in [1.807, 2.05) is 6.92 Å². The number of amides is 2. The van der Waals surface area contributed by atoms with E-state index < -0.39 is 5.97 Å². The first-order chi connectivity index (χ1) is 10.0. The summed E-state index contributed by atoms with van der Waals surface area (Å²) >= 11 is 0. The number of hydrogen-bond donors (Lipinski definition) is 1. The molecule has 6 heteroatoms. The van der Waals surface area contributed by atoms with Gasteiger partial charge in [0.05, 0.1) is 18.4 Å². The number of ether oxygens (including phenoxy) is 1. The molecule has 6 nitrogen and oxygen atoms in total. The Morgan fingerprint density at radius 1 is 1.24 bits per heavy atom. The predicted molar refractivity (Wildman–Crippen MR) is 79.1 cm³/mol. The van der Waals surface area contributed by atoms with Gasteiger partial charge in [0.2, 0.25) is 11.8 Å². The molecule has 0 spiro atoms. The van der Waals surface area contributed by atoms with Crippen molar-refractivity contribution in [2.75, 3.05) is 25.1 Å². The average molecular weight is 292 g/mol. The molecule has 0 aliphatic carbocycles. The number of nitrogens with one attached hydrogen (secondary N) is 1. The minimum Gasteiger partial charge on any atom is -0.465 e. The highest BCUT2D eigenvalue weighted by Gasteiger charge is 2.21. The standard InChI is InChI=1S/C15H20N2O4/c1-4-9-16-14(19)10-17(11(2)18)13-8-6-5-7-12(13)15(20)21-3/h5-8H,4,9-10H2,1-3H3,(H,16,19). The molecule has 0 heterocycles. The van der Waals surface area contributed by atoms with E-state index in [1.165, 1.54) is 18.9 Å². The number of para-hydroxylation sites is 1. The van der Waals surface area contributed by atoms with Gasteiger partial charge >= 0.3 is 5.97 Å². The van der Waals surface area contributed by atoms with Gasteiger partial charge in [-0.1, -0.05) is 19.1 Å². The van der Waals surface area contributed by atoms with Crippen molar-refractivity contribution >= 4 is 23.5 Å². The van der Waals surface area contributed by atoms with Gasteiger partial charge in [-0.3, -0.25) is 9.59 Å². The monoisotopic (exact) mass is 292 g/mol. The Bertz CT molecular complexity index is 528. The first kappa shape index (κ1) is 16.7. The van der Waals surface area contributed by atoms with Crippen LogP contribution in [-0.2, 0) is 14.3 Å². The minimum absolute atomic E-state index is 0.136. The van der Waals surface area contributed by atoms with E-state index in [4.69, 9.17) is 4.74 Å². The average Bonchev–Trinajstić information content (AvgIpc) is 2.49. The molecule has 0 aliphatic heterocycles. The summed E-state index contributed by atoms with van der Waals surface area (Å²) in [5.41, 5.74) is 0.613. The van der Waals surface area contributed by atoms with Gasteiger partial charge < -0.3 is 15.0 Å². The molecule has 0 fully saturated rings. The smallest absolute Gasteiger partial charge is 0.339 e. The van der Waals surface area contributed by atoms with E-state index in [2.05, 4.69) is 5.32 Å². The zero-order valence-electron chi connectivity index (χ0n) is 12.5. The third-order valence-electron chi connectivity index (χ3n) is 2.85. The van der Waals surface area contributed by atoms with Crippen LogP contribution in [0.3, 0.4) is 0 Å². The van der Waals surface area contributed by atoms with Gasteiger partial charge in [-0.15, -0.1) is 0 Å². The lowest BCUT2D eigenvalue weighted by Gasteiger charge is -2.22. The molecule has 1 rings (SSSR count). The van der Waals surface area contributed by atoms with E-state index in [0.29, 0.717) is 12.2 Å². The summed E-state index contributed by atoms with van der Waals surface area (Å²) in [5, 5.41) is 2.70. The highest BCUT2D eigenvalue weighted by Crippen LogP contribution is 2.21. The van der Waals surface area contributed by atoms with Crippen LogP contribution in [0.25, 0.3) is 0 Å². The van der Waals surface area contributed by atoms with Crippen molar-refractivity contribution in [3.05, 3.63) is 29.8 Å². The summed E-state index contributed by atoms with van der Waals surface area (Å²) in [4.78, 5) is 36.6. The van der Waals surface area contributed by atoms with Crippen molar-refractivity contribution in [1.82, 2.24) is 5.32 Å². The molecule has 114 valence electrons. The number of hydrogen-bond acceptors (Lipinski definition) is 4. The van der Waals surface area contributed by atoms with E-state index >= 15 is 0 Å². The molecule has 0 unspecified atom stereocenters. The lowest BCUT2D eigenvalue weighted by atomic mass is 10.1. The Kier molecular flexibility index (Phi) is 6.39. The van der Waals surface area contributed by atoms with Gasteiger partial charge in [-0.2, -0.15) is 0 Å². The molecule has 1 aromatic rings. The summed E-state index contributed by atoms with van der Waals surface area (Å²) in [5.74, 6) is -1.14. The van der Waals surface area contributed by atoms with Gasteiger partial charge in [-0.25, -0.2) is 4.79 Å². The Hall–Kier alpha value is -2.37. The van der Waals surface area contributed by atoms with Crippen molar-refractivity contribution in [3.63, 3.8) is 0 Å². The van der Waals surface area contributed by atoms with Crippen LogP contribution in [0.5, 0.6) is 0 Å². The maximum atomic E-state index is 11.8. The Labute approximate surface area is 124 Å². The van der Waals surface area contributed by atoms with Crippen LogP contribution in [0.1, 0.15) is 30.6 Å². The summed E-state index contributed by atoms with van der Waals surface area (Å²) in [6.45, 7) is 3.70. The Balaban J connectivity index is 3.04. The number of carbonyl (C=O) groups is 3.